The smallest absolute Gasteiger partial charge is 0.255 e. The van der Waals surface area contributed by atoms with E-state index < -0.39 is 26.6 Å². The third-order valence-electron chi connectivity index (χ3n) is 6.86. The molecule has 1 heterocycles. The van der Waals surface area contributed by atoms with Gasteiger partial charge in [-0.05, 0) is 80.6 Å². The van der Waals surface area contributed by atoms with Crippen molar-refractivity contribution in [1.29, 1.82) is 0 Å². The largest absolute Gasteiger partial charge is 0.457 e. The van der Waals surface area contributed by atoms with Crippen LogP contribution in [0.3, 0.4) is 0 Å². The van der Waals surface area contributed by atoms with Gasteiger partial charge in [0.15, 0.2) is 0 Å². The van der Waals surface area contributed by atoms with Gasteiger partial charge in [0.25, 0.3) is 5.91 Å². The summed E-state index contributed by atoms with van der Waals surface area (Å²) < 4.78 is 48.9. The van der Waals surface area contributed by atoms with Crippen LogP contribution in [0.5, 0.6) is 11.5 Å². The van der Waals surface area contributed by atoms with Crippen LogP contribution in [-0.4, -0.2) is 44.3 Å². The Hall–Kier alpha value is -4.21. The van der Waals surface area contributed by atoms with Crippen LogP contribution in [0.2, 0.25) is 0 Å². The lowest BCUT2D eigenvalue weighted by Gasteiger charge is -2.40. The maximum Gasteiger partial charge on any atom is 0.255 e. The lowest BCUT2D eigenvalue weighted by atomic mass is 10.1. The van der Waals surface area contributed by atoms with E-state index in [2.05, 4.69) is 10.2 Å². The molecule has 206 valence electrons. The van der Waals surface area contributed by atoms with Crippen molar-refractivity contribution >= 4 is 27.3 Å². The number of nitrogens with one attached hydrogen (secondary N) is 1. The molecule has 1 saturated heterocycles. The summed E-state index contributed by atoms with van der Waals surface area (Å²) in [6.07, 6.45) is 0. The monoisotopic (exact) mass is 559 g/mol. The average molecular weight is 560 g/mol. The van der Waals surface area contributed by atoms with Crippen molar-refractivity contribution in [2.24, 2.45) is 0 Å². The molecule has 1 N–H and O–H groups in total. The van der Waals surface area contributed by atoms with E-state index in [1.165, 1.54) is 10.4 Å². The predicted octanol–water partition coefficient (Wildman–Crippen LogP) is 6.08. The molecular formula is C31H30FN3O4S. The maximum atomic E-state index is 14.8. The lowest BCUT2D eigenvalue weighted by Crippen LogP contribution is -2.53. The van der Waals surface area contributed by atoms with Gasteiger partial charge in [-0.25, -0.2) is 12.8 Å². The SMILES string of the molecule is Cc1ccc(N2CCN(S(=O)(=O)c3cc(C(=O)Nc4ccc(Oc5ccccc5)cc4)ccc3F)C[C@@H]2C)cc1. The van der Waals surface area contributed by atoms with Gasteiger partial charge in [-0.15, -0.1) is 0 Å². The lowest BCUT2D eigenvalue weighted by molar-refractivity contribution is 0.102. The van der Waals surface area contributed by atoms with E-state index in [4.69, 9.17) is 4.74 Å². The van der Waals surface area contributed by atoms with Crippen LogP contribution in [-0.2, 0) is 10.0 Å². The molecule has 0 bridgehead atoms. The molecule has 40 heavy (non-hydrogen) atoms. The molecule has 0 aliphatic carbocycles. The van der Waals surface area contributed by atoms with Crippen molar-refractivity contribution in [2.75, 3.05) is 29.9 Å². The van der Waals surface area contributed by atoms with Crippen molar-refractivity contribution < 1.29 is 22.3 Å². The number of halogens is 1. The van der Waals surface area contributed by atoms with Gasteiger partial charge < -0.3 is 15.0 Å². The molecule has 0 radical (unpaired) electrons. The van der Waals surface area contributed by atoms with Gasteiger partial charge in [0, 0.05) is 42.6 Å². The van der Waals surface area contributed by atoms with E-state index in [9.17, 15) is 17.6 Å². The Morgan fingerprint density at radius 1 is 0.900 bits per heavy atom. The number of hydrogen-bond acceptors (Lipinski definition) is 5. The molecule has 1 amide bonds. The standard InChI is InChI=1S/C31H30FN3O4S/c1-22-8-13-26(14-9-22)35-19-18-34(21-23(35)2)40(37,38)30-20-24(10-17-29(30)32)31(36)33-25-11-15-28(16-12-25)39-27-6-4-3-5-7-27/h3-17,20,23H,18-19,21H2,1-2H3,(H,33,36)/t23-/m0/s1. The molecule has 4 aromatic carbocycles. The highest BCUT2D eigenvalue weighted by Crippen LogP contribution is 2.27. The highest BCUT2D eigenvalue weighted by Gasteiger charge is 2.34. The molecule has 0 spiro atoms. The summed E-state index contributed by atoms with van der Waals surface area (Å²) in [5, 5.41) is 2.73. The number of amides is 1. The molecule has 1 aliphatic rings. The predicted molar refractivity (Wildman–Crippen MR) is 154 cm³/mol. The number of carbonyl (C=O) groups excluding carboxylic acids is 1. The first-order valence-corrected chi connectivity index (χ1v) is 14.4. The zero-order valence-electron chi connectivity index (χ0n) is 22.2. The third kappa shape index (κ3) is 6.00. The van der Waals surface area contributed by atoms with E-state index >= 15 is 0 Å². The number of piperazine rings is 1. The fraction of sp³-hybridized carbons (Fsp3) is 0.194. The summed E-state index contributed by atoms with van der Waals surface area (Å²) in [7, 11) is -4.17. The van der Waals surface area contributed by atoms with Gasteiger partial charge in [-0.1, -0.05) is 35.9 Å². The number of benzene rings is 4. The van der Waals surface area contributed by atoms with Gasteiger partial charge in [0.05, 0.1) is 0 Å². The van der Waals surface area contributed by atoms with E-state index in [1.54, 1.807) is 24.3 Å². The summed E-state index contributed by atoms with van der Waals surface area (Å²) in [5.74, 6) is -0.167. The molecule has 7 nitrogen and oxygen atoms in total. The van der Waals surface area contributed by atoms with E-state index in [0.717, 1.165) is 23.4 Å². The highest BCUT2D eigenvalue weighted by molar-refractivity contribution is 7.89. The number of hydrogen-bond donors (Lipinski definition) is 1. The second kappa shape index (κ2) is 11.5. The number of nitrogens with zero attached hydrogens (tertiary/aromatic N) is 2. The molecule has 0 unspecified atom stereocenters. The van der Waals surface area contributed by atoms with Gasteiger partial charge in [0.2, 0.25) is 10.0 Å². The summed E-state index contributed by atoms with van der Waals surface area (Å²) in [6, 6.07) is 27.4. The summed E-state index contributed by atoms with van der Waals surface area (Å²) in [6.45, 7) is 4.82. The van der Waals surface area contributed by atoms with E-state index in [1.807, 2.05) is 68.4 Å². The Labute approximate surface area is 233 Å². The minimum absolute atomic E-state index is 0.0379. The Kier molecular flexibility index (Phi) is 7.86. The van der Waals surface area contributed by atoms with Crippen molar-refractivity contribution in [2.45, 2.75) is 24.8 Å². The summed E-state index contributed by atoms with van der Waals surface area (Å²) in [4.78, 5) is 14.6. The number of sulfonamides is 1. The minimum Gasteiger partial charge on any atom is -0.457 e. The zero-order chi connectivity index (χ0) is 28.3. The van der Waals surface area contributed by atoms with Crippen LogP contribution in [0.15, 0.2) is 102 Å². The maximum absolute atomic E-state index is 14.8. The van der Waals surface area contributed by atoms with Crippen molar-refractivity contribution in [1.82, 2.24) is 4.31 Å². The fourth-order valence-electron chi connectivity index (χ4n) is 4.68. The quantitative estimate of drug-likeness (QED) is 0.297. The molecular weight excluding hydrogens is 529 g/mol. The molecule has 9 heteroatoms. The third-order valence-corrected chi connectivity index (χ3v) is 8.74. The van der Waals surface area contributed by atoms with Crippen molar-refractivity contribution in [3.63, 3.8) is 0 Å². The van der Waals surface area contributed by atoms with Crippen LogP contribution in [0.4, 0.5) is 15.8 Å². The van der Waals surface area contributed by atoms with Gasteiger partial charge in [0.1, 0.15) is 22.2 Å². The number of aryl methyl sites for hydroxylation is 1. The second-order valence-electron chi connectivity index (χ2n) is 9.78. The first-order valence-electron chi connectivity index (χ1n) is 13.0. The second-order valence-corrected chi connectivity index (χ2v) is 11.7. The average Bonchev–Trinajstić information content (AvgIpc) is 2.95. The van der Waals surface area contributed by atoms with Crippen LogP contribution in [0, 0.1) is 12.7 Å². The minimum atomic E-state index is -4.17. The summed E-state index contributed by atoms with van der Waals surface area (Å²) >= 11 is 0. The first kappa shape index (κ1) is 27.4. The molecule has 1 fully saturated rings. The van der Waals surface area contributed by atoms with Crippen LogP contribution in [0.1, 0.15) is 22.8 Å². The first-order chi connectivity index (χ1) is 19.2. The molecule has 1 aliphatic heterocycles. The zero-order valence-corrected chi connectivity index (χ0v) is 23.1. The molecule has 5 rings (SSSR count). The number of para-hydroxylation sites is 1. The Morgan fingerprint density at radius 3 is 2.25 bits per heavy atom. The number of carbonyl (C=O) groups is 1. The topological polar surface area (TPSA) is 79.0 Å². The van der Waals surface area contributed by atoms with E-state index in [0.29, 0.717) is 23.7 Å². The molecule has 0 aromatic heterocycles. The Morgan fingerprint density at radius 2 is 1.57 bits per heavy atom. The van der Waals surface area contributed by atoms with Crippen LogP contribution < -0.4 is 15.0 Å². The number of anilines is 2. The highest BCUT2D eigenvalue weighted by atomic mass is 32.2. The number of rotatable bonds is 7. The molecule has 0 saturated carbocycles. The normalized spacial score (nSPS) is 16.0. The van der Waals surface area contributed by atoms with Gasteiger partial charge >= 0.3 is 0 Å². The van der Waals surface area contributed by atoms with E-state index in [-0.39, 0.29) is 24.7 Å². The fourth-order valence-corrected chi connectivity index (χ4v) is 6.28. The van der Waals surface area contributed by atoms with Gasteiger partial charge in [-0.2, -0.15) is 4.31 Å². The Balaban J connectivity index is 1.28. The van der Waals surface area contributed by atoms with Crippen molar-refractivity contribution in [3.8, 4) is 11.5 Å². The van der Waals surface area contributed by atoms with Crippen molar-refractivity contribution in [3.05, 3.63) is 114 Å². The van der Waals surface area contributed by atoms with Crippen LogP contribution in [0.25, 0.3) is 0 Å². The summed E-state index contributed by atoms with van der Waals surface area (Å²) in [5.41, 5.74) is 2.68. The van der Waals surface area contributed by atoms with Gasteiger partial charge in [-0.3, -0.25) is 4.79 Å². The molecule has 4 aromatic rings. The van der Waals surface area contributed by atoms with Crippen LogP contribution >= 0.6 is 0 Å². The number of ether oxygens (including phenoxy) is 1. The Bertz CT molecular complexity index is 1590. The molecule has 1 atom stereocenters.